The fraction of sp³-hybridized carbons (Fsp3) is 0.316. The van der Waals surface area contributed by atoms with Gasteiger partial charge in [0.2, 0.25) is 0 Å². The Hall–Kier alpha value is -2.22. The molecule has 0 aliphatic carbocycles. The third-order valence-electron chi connectivity index (χ3n) is 4.42. The van der Waals surface area contributed by atoms with Gasteiger partial charge in [-0.15, -0.1) is 0 Å². The van der Waals surface area contributed by atoms with Crippen molar-refractivity contribution in [3.63, 3.8) is 0 Å². The summed E-state index contributed by atoms with van der Waals surface area (Å²) in [5.41, 5.74) is 2.17. The first-order valence-electron chi connectivity index (χ1n) is 8.30. The number of sulfone groups is 1. The Balaban J connectivity index is 1.87. The molecule has 1 N–H and O–H groups in total. The first-order chi connectivity index (χ1) is 12.4. The van der Waals surface area contributed by atoms with Gasteiger partial charge in [0.1, 0.15) is 0 Å². The second-order valence-electron chi connectivity index (χ2n) is 6.29. The Labute approximate surface area is 152 Å². The van der Waals surface area contributed by atoms with Gasteiger partial charge < -0.3 is 14.7 Å². The minimum atomic E-state index is -3.24. The lowest BCUT2D eigenvalue weighted by atomic mass is 10.0. The zero-order valence-electron chi connectivity index (χ0n) is 14.5. The van der Waals surface area contributed by atoms with Crippen LogP contribution in [0.3, 0.4) is 0 Å². The molecule has 0 saturated carbocycles. The van der Waals surface area contributed by atoms with E-state index in [9.17, 15) is 18.3 Å². The molecular weight excluding hydrogens is 354 g/mol. The maximum atomic E-state index is 12.8. The van der Waals surface area contributed by atoms with Crippen LogP contribution in [0.2, 0.25) is 0 Å². The summed E-state index contributed by atoms with van der Waals surface area (Å²) in [6.07, 6.45) is 1.17. The molecular formula is C19H21NO5S. The number of ether oxygens (including phenoxy) is 1. The van der Waals surface area contributed by atoms with Crippen molar-refractivity contribution in [2.75, 3.05) is 32.6 Å². The molecule has 1 fully saturated rings. The number of carbonyl (C=O) groups excluding carboxylic acids is 1. The predicted octanol–water partition coefficient (Wildman–Crippen LogP) is 1.59. The number of carbonyl (C=O) groups is 1. The number of amides is 1. The molecule has 2 aromatic rings. The molecule has 26 heavy (non-hydrogen) atoms. The first-order valence-corrected chi connectivity index (χ1v) is 10.2. The summed E-state index contributed by atoms with van der Waals surface area (Å²) in [6.45, 7) is 1.08. The molecule has 2 aromatic carbocycles. The van der Waals surface area contributed by atoms with Crippen LogP contribution >= 0.6 is 0 Å². The first kappa shape index (κ1) is 18.6. The van der Waals surface area contributed by atoms with E-state index in [0.29, 0.717) is 25.3 Å². The Kier molecular flexibility index (Phi) is 5.41. The van der Waals surface area contributed by atoms with Gasteiger partial charge in [0.05, 0.1) is 30.8 Å². The quantitative estimate of drug-likeness (QED) is 0.877. The van der Waals surface area contributed by atoms with Gasteiger partial charge in [0, 0.05) is 18.4 Å². The van der Waals surface area contributed by atoms with Crippen molar-refractivity contribution in [3.05, 3.63) is 54.1 Å². The van der Waals surface area contributed by atoms with E-state index in [1.807, 2.05) is 6.07 Å². The fourth-order valence-electron chi connectivity index (χ4n) is 2.97. The Morgan fingerprint density at radius 2 is 1.92 bits per heavy atom. The molecule has 1 atom stereocenters. The molecule has 1 heterocycles. The molecule has 1 aliphatic heterocycles. The summed E-state index contributed by atoms with van der Waals surface area (Å²) in [7, 11) is -3.24. The molecule has 0 radical (unpaired) electrons. The van der Waals surface area contributed by atoms with Gasteiger partial charge in [-0.2, -0.15) is 0 Å². The van der Waals surface area contributed by atoms with Gasteiger partial charge in [0.15, 0.2) is 9.84 Å². The van der Waals surface area contributed by atoms with Gasteiger partial charge in [-0.05, 0) is 35.4 Å². The van der Waals surface area contributed by atoms with Gasteiger partial charge >= 0.3 is 0 Å². The predicted molar refractivity (Wildman–Crippen MR) is 97.7 cm³/mol. The van der Waals surface area contributed by atoms with E-state index in [0.717, 1.165) is 11.1 Å². The van der Waals surface area contributed by atoms with E-state index >= 15 is 0 Å². The monoisotopic (exact) mass is 375 g/mol. The number of aliphatic hydroxyl groups excluding tert-OH is 1. The number of morpholine rings is 1. The van der Waals surface area contributed by atoms with Crippen molar-refractivity contribution in [2.24, 2.45) is 0 Å². The fourth-order valence-corrected chi connectivity index (χ4v) is 3.60. The summed E-state index contributed by atoms with van der Waals surface area (Å²) < 4.78 is 28.5. The lowest BCUT2D eigenvalue weighted by molar-refractivity contribution is -0.0183. The maximum absolute atomic E-state index is 12.8. The van der Waals surface area contributed by atoms with Crippen LogP contribution in [-0.2, 0) is 14.6 Å². The summed E-state index contributed by atoms with van der Waals surface area (Å²) in [5.74, 6) is -0.151. The average molecular weight is 375 g/mol. The highest BCUT2D eigenvalue weighted by Gasteiger charge is 2.27. The van der Waals surface area contributed by atoms with E-state index in [4.69, 9.17) is 4.74 Å². The number of aliphatic hydroxyl groups is 1. The lowest BCUT2D eigenvalue weighted by Crippen LogP contribution is -2.50. The zero-order chi connectivity index (χ0) is 18.7. The number of rotatable bonds is 4. The van der Waals surface area contributed by atoms with Crippen LogP contribution in [0.1, 0.15) is 10.4 Å². The van der Waals surface area contributed by atoms with Crippen LogP contribution < -0.4 is 0 Å². The molecule has 7 heteroatoms. The molecule has 0 unspecified atom stereocenters. The van der Waals surface area contributed by atoms with Gasteiger partial charge in [-0.3, -0.25) is 4.79 Å². The standard InChI is InChI=1S/C19H21NO5S/c1-26(23,24)18-7-5-14(6-8-18)15-3-2-4-16(11-15)19(22)20-9-10-25-13-17(20)12-21/h2-8,11,17,21H,9-10,12-13H2,1H3/t17-/m1/s1. The minimum Gasteiger partial charge on any atom is -0.394 e. The topological polar surface area (TPSA) is 83.9 Å². The highest BCUT2D eigenvalue weighted by molar-refractivity contribution is 7.90. The summed E-state index contributed by atoms with van der Waals surface area (Å²) >= 11 is 0. The average Bonchev–Trinajstić information content (AvgIpc) is 2.67. The van der Waals surface area contributed by atoms with Gasteiger partial charge in [0.25, 0.3) is 5.91 Å². The minimum absolute atomic E-state index is 0.140. The van der Waals surface area contributed by atoms with Crippen LogP contribution in [0.15, 0.2) is 53.4 Å². The Morgan fingerprint density at radius 1 is 1.19 bits per heavy atom. The molecule has 1 amide bonds. The molecule has 0 spiro atoms. The van der Waals surface area contributed by atoms with E-state index in [2.05, 4.69) is 0 Å². The van der Waals surface area contributed by atoms with Crippen molar-refractivity contribution in [2.45, 2.75) is 10.9 Å². The van der Waals surface area contributed by atoms with E-state index < -0.39 is 9.84 Å². The van der Waals surface area contributed by atoms with Crippen molar-refractivity contribution in [3.8, 4) is 11.1 Å². The summed E-state index contributed by atoms with van der Waals surface area (Å²) in [6, 6.07) is 13.4. The number of hydrogen-bond donors (Lipinski definition) is 1. The second-order valence-corrected chi connectivity index (χ2v) is 8.30. The van der Waals surface area contributed by atoms with Crippen molar-refractivity contribution in [1.82, 2.24) is 4.90 Å². The molecule has 6 nitrogen and oxygen atoms in total. The lowest BCUT2D eigenvalue weighted by Gasteiger charge is -2.34. The Morgan fingerprint density at radius 3 is 2.58 bits per heavy atom. The second kappa shape index (κ2) is 7.57. The molecule has 1 saturated heterocycles. The number of benzene rings is 2. The molecule has 138 valence electrons. The molecule has 1 aliphatic rings. The molecule has 0 aromatic heterocycles. The van der Waals surface area contributed by atoms with E-state index in [1.165, 1.54) is 6.26 Å². The summed E-state index contributed by atoms with van der Waals surface area (Å²) in [4.78, 5) is 14.7. The molecule has 0 bridgehead atoms. The largest absolute Gasteiger partial charge is 0.394 e. The van der Waals surface area contributed by atoms with E-state index in [-0.39, 0.29) is 23.5 Å². The van der Waals surface area contributed by atoms with Gasteiger partial charge in [-0.1, -0.05) is 24.3 Å². The van der Waals surface area contributed by atoms with Crippen LogP contribution in [0.25, 0.3) is 11.1 Å². The number of hydrogen-bond acceptors (Lipinski definition) is 5. The Bertz CT molecular complexity index is 892. The van der Waals surface area contributed by atoms with Crippen LogP contribution in [0, 0.1) is 0 Å². The molecule has 3 rings (SSSR count). The third-order valence-corrected chi connectivity index (χ3v) is 5.55. The zero-order valence-corrected chi connectivity index (χ0v) is 15.3. The SMILES string of the molecule is CS(=O)(=O)c1ccc(-c2cccc(C(=O)N3CCOC[C@H]3CO)c2)cc1. The van der Waals surface area contributed by atoms with Crippen molar-refractivity contribution in [1.29, 1.82) is 0 Å². The smallest absolute Gasteiger partial charge is 0.254 e. The van der Waals surface area contributed by atoms with Crippen molar-refractivity contribution < 1.29 is 23.1 Å². The van der Waals surface area contributed by atoms with Crippen LogP contribution in [-0.4, -0.2) is 63.0 Å². The third kappa shape index (κ3) is 3.95. The highest BCUT2D eigenvalue weighted by Crippen LogP contribution is 2.23. The van der Waals surface area contributed by atoms with E-state index in [1.54, 1.807) is 47.4 Å². The number of nitrogens with zero attached hydrogens (tertiary/aromatic N) is 1. The summed E-state index contributed by atoms with van der Waals surface area (Å²) in [5, 5.41) is 9.46. The highest BCUT2D eigenvalue weighted by atomic mass is 32.2. The van der Waals surface area contributed by atoms with Gasteiger partial charge in [-0.25, -0.2) is 8.42 Å². The maximum Gasteiger partial charge on any atom is 0.254 e. The van der Waals surface area contributed by atoms with Crippen LogP contribution in [0.4, 0.5) is 0 Å². The van der Waals surface area contributed by atoms with Crippen LogP contribution in [0.5, 0.6) is 0 Å². The van der Waals surface area contributed by atoms with Crippen molar-refractivity contribution >= 4 is 15.7 Å². The normalized spacial score (nSPS) is 17.9.